The minimum Gasteiger partial charge on any atom is -0.497 e. The van der Waals surface area contributed by atoms with Gasteiger partial charge in [-0.15, -0.1) is 11.8 Å². The molecule has 0 N–H and O–H groups in total. The Labute approximate surface area is 115 Å². The molecule has 2 aromatic rings. The van der Waals surface area contributed by atoms with Crippen molar-refractivity contribution in [3.8, 4) is 5.75 Å². The van der Waals surface area contributed by atoms with E-state index >= 15 is 0 Å². The summed E-state index contributed by atoms with van der Waals surface area (Å²) in [6, 6.07) is 10.4. The summed E-state index contributed by atoms with van der Waals surface area (Å²) in [6.45, 7) is 1.99. The summed E-state index contributed by atoms with van der Waals surface area (Å²) < 4.78 is 32.0. The van der Waals surface area contributed by atoms with Gasteiger partial charge in [-0.25, -0.2) is 8.78 Å². The number of ether oxygens (including phenoxy) is 1. The highest BCUT2D eigenvalue weighted by Crippen LogP contribution is 2.29. The lowest BCUT2D eigenvalue weighted by atomic mass is 10.2. The van der Waals surface area contributed by atoms with Crippen LogP contribution in [0.3, 0.4) is 0 Å². The molecule has 4 heteroatoms. The van der Waals surface area contributed by atoms with Crippen molar-refractivity contribution < 1.29 is 13.5 Å². The molecule has 0 bridgehead atoms. The molecule has 0 unspecified atom stereocenters. The van der Waals surface area contributed by atoms with E-state index in [0.29, 0.717) is 17.1 Å². The molecule has 0 aliphatic heterocycles. The number of aryl methyl sites for hydroxylation is 1. The minimum absolute atomic E-state index is 0.310. The van der Waals surface area contributed by atoms with Gasteiger partial charge in [0, 0.05) is 22.3 Å². The maximum atomic E-state index is 13.7. The Hall–Kier alpha value is -1.55. The molecule has 0 aliphatic rings. The van der Waals surface area contributed by atoms with E-state index in [-0.39, 0.29) is 0 Å². The van der Waals surface area contributed by atoms with E-state index in [2.05, 4.69) is 0 Å². The molecule has 19 heavy (non-hydrogen) atoms. The second-order valence-electron chi connectivity index (χ2n) is 4.14. The molecule has 2 aromatic carbocycles. The van der Waals surface area contributed by atoms with Crippen molar-refractivity contribution in [2.75, 3.05) is 7.11 Å². The predicted octanol–water partition coefficient (Wildman–Crippen LogP) is 4.57. The third-order valence-corrected chi connectivity index (χ3v) is 4.01. The van der Waals surface area contributed by atoms with Crippen LogP contribution in [0.2, 0.25) is 0 Å². The molecule has 0 radical (unpaired) electrons. The molecule has 0 fully saturated rings. The average Bonchev–Trinajstić information content (AvgIpc) is 2.42. The van der Waals surface area contributed by atoms with Gasteiger partial charge in [-0.3, -0.25) is 0 Å². The summed E-state index contributed by atoms with van der Waals surface area (Å²) >= 11 is 1.48. The largest absolute Gasteiger partial charge is 0.497 e. The van der Waals surface area contributed by atoms with Gasteiger partial charge in [0.05, 0.1) is 7.11 Å². The second kappa shape index (κ2) is 6.06. The van der Waals surface area contributed by atoms with Gasteiger partial charge in [0.15, 0.2) is 11.6 Å². The van der Waals surface area contributed by atoms with E-state index in [1.165, 1.54) is 24.9 Å². The van der Waals surface area contributed by atoms with E-state index in [1.54, 1.807) is 0 Å². The van der Waals surface area contributed by atoms with Gasteiger partial charge in [0.1, 0.15) is 5.75 Å². The first kappa shape index (κ1) is 13.9. The summed E-state index contributed by atoms with van der Waals surface area (Å²) in [5, 5.41) is 0. The Morgan fingerprint density at radius 2 is 1.89 bits per heavy atom. The molecular weight excluding hydrogens is 266 g/mol. The molecule has 0 aromatic heterocycles. The van der Waals surface area contributed by atoms with Crippen LogP contribution >= 0.6 is 11.8 Å². The Bertz CT molecular complexity index is 584. The lowest BCUT2D eigenvalue weighted by Gasteiger charge is -2.08. The Balaban J connectivity index is 2.20. The van der Waals surface area contributed by atoms with Crippen molar-refractivity contribution in [3.05, 3.63) is 59.2 Å². The first-order valence-corrected chi connectivity index (χ1v) is 6.80. The fraction of sp³-hybridized carbons (Fsp3) is 0.200. The molecule has 0 spiro atoms. The summed E-state index contributed by atoms with van der Waals surface area (Å²) in [5.74, 6) is -0.981. The van der Waals surface area contributed by atoms with E-state index < -0.39 is 11.6 Å². The van der Waals surface area contributed by atoms with Gasteiger partial charge in [0.25, 0.3) is 0 Å². The molecule has 0 heterocycles. The Morgan fingerprint density at radius 1 is 1.16 bits per heavy atom. The van der Waals surface area contributed by atoms with Gasteiger partial charge >= 0.3 is 0 Å². The molecule has 1 nitrogen and oxygen atoms in total. The summed E-state index contributed by atoms with van der Waals surface area (Å²) in [6.07, 6.45) is 0. The lowest BCUT2D eigenvalue weighted by Crippen LogP contribution is -1.95. The van der Waals surface area contributed by atoms with Crippen LogP contribution in [0.4, 0.5) is 8.78 Å². The first-order chi connectivity index (χ1) is 9.11. The van der Waals surface area contributed by atoms with E-state index in [4.69, 9.17) is 4.74 Å². The molecule has 2 rings (SSSR count). The molecule has 0 saturated heterocycles. The number of hydrogen-bond acceptors (Lipinski definition) is 2. The van der Waals surface area contributed by atoms with E-state index in [0.717, 1.165) is 16.5 Å². The lowest BCUT2D eigenvalue weighted by molar-refractivity contribution is 0.405. The zero-order valence-electron chi connectivity index (χ0n) is 10.7. The van der Waals surface area contributed by atoms with Gasteiger partial charge in [-0.2, -0.15) is 0 Å². The predicted molar refractivity (Wildman–Crippen MR) is 73.7 cm³/mol. The Kier molecular flexibility index (Phi) is 4.43. The number of thioether (sulfide) groups is 1. The van der Waals surface area contributed by atoms with Crippen LogP contribution in [0.15, 0.2) is 41.3 Å². The van der Waals surface area contributed by atoms with Crippen molar-refractivity contribution in [3.63, 3.8) is 0 Å². The van der Waals surface area contributed by atoms with Crippen molar-refractivity contribution in [2.45, 2.75) is 17.6 Å². The fourth-order valence-corrected chi connectivity index (χ4v) is 2.71. The SMILES string of the molecule is COc1cc(F)c(F)c(CSc2ccccc2C)c1. The molecule has 0 amide bonds. The highest BCUT2D eigenvalue weighted by Gasteiger charge is 2.12. The van der Waals surface area contributed by atoms with E-state index in [1.807, 2.05) is 31.2 Å². The van der Waals surface area contributed by atoms with Crippen molar-refractivity contribution in [1.82, 2.24) is 0 Å². The van der Waals surface area contributed by atoms with E-state index in [9.17, 15) is 8.78 Å². The first-order valence-electron chi connectivity index (χ1n) is 5.82. The number of benzene rings is 2. The van der Waals surface area contributed by atoms with Gasteiger partial charge in [0.2, 0.25) is 0 Å². The summed E-state index contributed by atoms with van der Waals surface area (Å²) in [4.78, 5) is 1.06. The minimum atomic E-state index is -0.875. The maximum Gasteiger partial charge on any atom is 0.163 e. The monoisotopic (exact) mass is 280 g/mol. The van der Waals surface area contributed by atoms with Crippen molar-refractivity contribution in [1.29, 1.82) is 0 Å². The van der Waals surface area contributed by atoms with Gasteiger partial charge in [-0.1, -0.05) is 18.2 Å². The fourth-order valence-electron chi connectivity index (χ4n) is 1.72. The number of rotatable bonds is 4. The zero-order chi connectivity index (χ0) is 13.8. The number of hydrogen-bond donors (Lipinski definition) is 0. The van der Waals surface area contributed by atoms with Gasteiger partial charge in [-0.05, 0) is 24.6 Å². The molecular formula is C15H14F2OS. The zero-order valence-corrected chi connectivity index (χ0v) is 11.6. The highest BCUT2D eigenvalue weighted by molar-refractivity contribution is 7.98. The molecule has 0 atom stereocenters. The van der Waals surface area contributed by atoms with Crippen LogP contribution in [0, 0.1) is 18.6 Å². The average molecular weight is 280 g/mol. The number of halogens is 2. The quantitative estimate of drug-likeness (QED) is 0.758. The highest BCUT2D eigenvalue weighted by atomic mass is 32.2. The molecule has 0 saturated carbocycles. The Morgan fingerprint density at radius 3 is 2.58 bits per heavy atom. The molecule has 100 valence electrons. The summed E-state index contributed by atoms with van der Waals surface area (Å²) in [7, 11) is 1.44. The van der Waals surface area contributed by atoms with Crippen LogP contribution in [0.25, 0.3) is 0 Å². The topological polar surface area (TPSA) is 9.23 Å². The van der Waals surface area contributed by atoms with Crippen LogP contribution in [-0.4, -0.2) is 7.11 Å². The smallest absolute Gasteiger partial charge is 0.163 e. The second-order valence-corrected chi connectivity index (χ2v) is 5.15. The third-order valence-electron chi connectivity index (χ3n) is 2.79. The van der Waals surface area contributed by atoms with Crippen LogP contribution in [0.5, 0.6) is 5.75 Å². The van der Waals surface area contributed by atoms with Crippen molar-refractivity contribution in [2.24, 2.45) is 0 Å². The normalized spacial score (nSPS) is 10.5. The van der Waals surface area contributed by atoms with Crippen molar-refractivity contribution >= 4 is 11.8 Å². The summed E-state index contributed by atoms with van der Waals surface area (Å²) in [5.41, 5.74) is 1.43. The van der Waals surface area contributed by atoms with Crippen LogP contribution in [0.1, 0.15) is 11.1 Å². The standard InChI is InChI=1S/C15H14F2OS/c1-10-5-3-4-6-14(10)19-9-11-7-12(18-2)8-13(16)15(11)17/h3-8H,9H2,1-2H3. The van der Waals surface area contributed by atoms with Gasteiger partial charge < -0.3 is 4.74 Å². The van der Waals surface area contributed by atoms with Crippen LogP contribution in [-0.2, 0) is 5.75 Å². The maximum absolute atomic E-state index is 13.7. The third kappa shape index (κ3) is 3.26. The number of methoxy groups -OCH3 is 1. The van der Waals surface area contributed by atoms with Crippen LogP contribution < -0.4 is 4.74 Å². The molecule has 0 aliphatic carbocycles.